The van der Waals surface area contributed by atoms with Gasteiger partial charge in [-0.2, -0.15) is 29.0 Å². The molecule has 7 nitrogen and oxygen atoms in total. The van der Waals surface area contributed by atoms with Crippen molar-refractivity contribution in [1.29, 1.82) is 0 Å². The molecule has 4 aromatic heterocycles. The maximum Gasteiger partial charge on any atom is 0.432 e. The number of H-pyrrole nitrogens is 1. The van der Waals surface area contributed by atoms with Crippen LogP contribution < -0.4 is 4.90 Å². The van der Waals surface area contributed by atoms with Crippen LogP contribution in [0.5, 0.6) is 0 Å². The second-order valence-corrected chi connectivity index (χ2v) is 7.72. The molecule has 1 aliphatic rings. The highest BCUT2D eigenvalue weighted by atomic mass is 32.1. The normalized spacial score (nSPS) is 16.0. The lowest BCUT2D eigenvalue weighted by Gasteiger charge is -2.31. The van der Waals surface area contributed by atoms with Gasteiger partial charge in [-0.25, -0.2) is 4.98 Å². The fourth-order valence-corrected chi connectivity index (χ4v) is 4.22. The summed E-state index contributed by atoms with van der Waals surface area (Å²) in [5, 5.41) is 17.1. The number of nitrogens with zero attached hydrogens (tertiary/aromatic N) is 6. The van der Waals surface area contributed by atoms with Gasteiger partial charge in [0.25, 0.3) is 0 Å². The van der Waals surface area contributed by atoms with Gasteiger partial charge in [-0.15, -0.1) is 15.3 Å². The summed E-state index contributed by atoms with van der Waals surface area (Å²) in [5.41, 5.74) is 0.833. The Labute approximate surface area is 167 Å². The number of anilines is 1. The third-order valence-corrected chi connectivity index (χ3v) is 5.82. The summed E-state index contributed by atoms with van der Waals surface area (Å²) in [6.07, 6.45) is -2.13. The quantitative estimate of drug-likeness (QED) is 0.544. The van der Waals surface area contributed by atoms with E-state index in [1.54, 1.807) is 15.9 Å². The third-order valence-electron chi connectivity index (χ3n) is 5.13. The molecule has 0 radical (unpaired) electrons. The number of hydrogen-bond donors (Lipinski definition) is 1. The van der Waals surface area contributed by atoms with E-state index in [-0.39, 0.29) is 5.92 Å². The molecule has 0 atom stereocenters. The average Bonchev–Trinajstić information content (AvgIpc) is 3.46. The van der Waals surface area contributed by atoms with Crippen molar-refractivity contribution in [2.75, 3.05) is 18.0 Å². The third kappa shape index (κ3) is 3.35. The van der Waals surface area contributed by atoms with Crippen LogP contribution in [0, 0.1) is 0 Å². The predicted octanol–water partition coefficient (Wildman–Crippen LogP) is 3.98. The molecule has 0 aromatic carbocycles. The van der Waals surface area contributed by atoms with Crippen LogP contribution in [0.3, 0.4) is 0 Å². The summed E-state index contributed by atoms with van der Waals surface area (Å²) in [7, 11) is 0. The maximum atomic E-state index is 12.8. The molecular formula is C18H16F3N7S. The van der Waals surface area contributed by atoms with Gasteiger partial charge in [0.15, 0.2) is 11.5 Å². The second-order valence-electron chi connectivity index (χ2n) is 6.94. The highest BCUT2D eigenvalue weighted by Gasteiger charge is 2.34. The number of hydrogen-bond acceptors (Lipinski definition) is 6. The fraction of sp³-hybridized carbons (Fsp3) is 0.333. The van der Waals surface area contributed by atoms with Crippen LogP contribution in [0.4, 0.5) is 19.0 Å². The molecule has 5 heterocycles. The zero-order valence-electron chi connectivity index (χ0n) is 15.1. The molecule has 5 rings (SSSR count). The number of thiophene rings is 1. The molecule has 11 heteroatoms. The number of nitrogens with one attached hydrogen (secondary N) is 1. The van der Waals surface area contributed by atoms with E-state index in [1.807, 2.05) is 29.0 Å². The lowest BCUT2D eigenvalue weighted by Crippen LogP contribution is -2.34. The number of alkyl halides is 3. The van der Waals surface area contributed by atoms with E-state index < -0.39 is 11.9 Å². The van der Waals surface area contributed by atoms with Crippen LogP contribution >= 0.6 is 11.3 Å². The Bertz CT molecular complexity index is 1120. The molecule has 0 spiro atoms. The summed E-state index contributed by atoms with van der Waals surface area (Å²) in [5.74, 6) is 1.86. The van der Waals surface area contributed by atoms with Gasteiger partial charge < -0.3 is 9.88 Å². The number of rotatable bonds is 3. The molecule has 0 aliphatic carbocycles. The standard InChI is InChI=1S/C18H16F3N7S/c19-18(20,21)13-9-22-16(23-13)11-3-6-27(7-4-11)15-2-1-14-24-25-17(28(14)26-15)12-5-8-29-10-12/h1-2,5,8-11H,3-4,6-7H2,(H,22,23). The van der Waals surface area contributed by atoms with E-state index in [4.69, 9.17) is 5.10 Å². The van der Waals surface area contributed by atoms with E-state index >= 15 is 0 Å². The summed E-state index contributed by atoms with van der Waals surface area (Å²) in [6, 6.07) is 5.75. The van der Waals surface area contributed by atoms with Gasteiger partial charge in [0.2, 0.25) is 0 Å². The van der Waals surface area contributed by atoms with Crippen LogP contribution in [0.25, 0.3) is 17.0 Å². The molecule has 0 unspecified atom stereocenters. The van der Waals surface area contributed by atoms with E-state index in [9.17, 15) is 13.2 Å². The van der Waals surface area contributed by atoms with E-state index in [0.717, 1.165) is 17.6 Å². The molecule has 150 valence electrons. The van der Waals surface area contributed by atoms with E-state index in [2.05, 4.69) is 25.1 Å². The molecule has 1 fully saturated rings. The van der Waals surface area contributed by atoms with Gasteiger partial charge in [0.05, 0.1) is 6.20 Å². The Kier molecular flexibility index (Phi) is 4.26. The average molecular weight is 419 g/mol. The first kappa shape index (κ1) is 18.1. The Hall–Kier alpha value is -2.95. The van der Waals surface area contributed by atoms with Crippen molar-refractivity contribution in [3.8, 4) is 11.4 Å². The first-order chi connectivity index (χ1) is 14.0. The smallest absolute Gasteiger partial charge is 0.355 e. The number of imidazole rings is 1. The first-order valence-corrected chi connectivity index (χ1v) is 10.1. The minimum Gasteiger partial charge on any atom is -0.355 e. The molecule has 1 N–H and O–H groups in total. The summed E-state index contributed by atoms with van der Waals surface area (Å²) in [6.45, 7) is 1.36. The van der Waals surface area contributed by atoms with Crippen LogP contribution in [0.15, 0.2) is 35.2 Å². The first-order valence-electron chi connectivity index (χ1n) is 9.11. The number of aromatic amines is 1. The van der Waals surface area contributed by atoms with Crippen LogP contribution in [-0.4, -0.2) is 42.9 Å². The molecule has 0 saturated carbocycles. The fourth-order valence-electron chi connectivity index (χ4n) is 3.59. The molecule has 4 aromatic rings. The number of piperidine rings is 1. The van der Waals surface area contributed by atoms with E-state index in [1.165, 1.54) is 0 Å². The van der Waals surface area contributed by atoms with Gasteiger partial charge in [-0.05, 0) is 36.4 Å². The molecule has 1 aliphatic heterocycles. The predicted molar refractivity (Wildman–Crippen MR) is 102 cm³/mol. The van der Waals surface area contributed by atoms with Crippen molar-refractivity contribution >= 4 is 22.8 Å². The lowest BCUT2D eigenvalue weighted by atomic mass is 9.96. The number of halogens is 3. The SMILES string of the molecule is FC(F)(F)c1cnc(C2CCN(c3ccc4nnc(-c5ccsc5)n4n3)CC2)[nH]1. The van der Waals surface area contributed by atoms with Crippen molar-refractivity contribution in [3.63, 3.8) is 0 Å². The minimum atomic E-state index is -4.40. The lowest BCUT2D eigenvalue weighted by molar-refractivity contribution is -0.141. The van der Waals surface area contributed by atoms with Gasteiger partial charge >= 0.3 is 6.18 Å². The summed E-state index contributed by atoms with van der Waals surface area (Å²) in [4.78, 5) is 8.51. The zero-order chi connectivity index (χ0) is 20.0. The monoisotopic (exact) mass is 419 g/mol. The molecule has 29 heavy (non-hydrogen) atoms. The van der Waals surface area contributed by atoms with Gasteiger partial charge in [-0.3, -0.25) is 0 Å². The van der Waals surface area contributed by atoms with Crippen molar-refractivity contribution in [3.05, 3.63) is 46.7 Å². The largest absolute Gasteiger partial charge is 0.432 e. The van der Waals surface area contributed by atoms with Gasteiger partial charge in [-0.1, -0.05) is 0 Å². The summed E-state index contributed by atoms with van der Waals surface area (Å²) >= 11 is 1.58. The second kappa shape index (κ2) is 6.83. The highest BCUT2D eigenvalue weighted by Crippen LogP contribution is 2.32. The minimum absolute atomic E-state index is 0.0256. The molecule has 0 bridgehead atoms. The molecule has 1 saturated heterocycles. The topological polar surface area (TPSA) is 75.0 Å². The van der Waals surface area contributed by atoms with Crippen LogP contribution in [0.2, 0.25) is 0 Å². The molecule has 0 amide bonds. The van der Waals surface area contributed by atoms with E-state index in [0.29, 0.717) is 43.2 Å². The van der Waals surface area contributed by atoms with Crippen LogP contribution in [-0.2, 0) is 6.18 Å². The summed E-state index contributed by atoms with van der Waals surface area (Å²) < 4.78 is 40.1. The Balaban J connectivity index is 1.34. The van der Waals surface area contributed by atoms with Crippen molar-refractivity contribution in [2.45, 2.75) is 24.9 Å². The van der Waals surface area contributed by atoms with Gasteiger partial charge in [0, 0.05) is 30.0 Å². The Morgan fingerprint density at radius 2 is 1.93 bits per heavy atom. The van der Waals surface area contributed by atoms with Crippen molar-refractivity contribution in [2.24, 2.45) is 0 Å². The Morgan fingerprint density at radius 3 is 2.62 bits per heavy atom. The van der Waals surface area contributed by atoms with Crippen molar-refractivity contribution < 1.29 is 13.2 Å². The zero-order valence-corrected chi connectivity index (χ0v) is 15.9. The highest BCUT2D eigenvalue weighted by molar-refractivity contribution is 7.08. The maximum absolute atomic E-state index is 12.8. The number of fused-ring (bicyclic) bond motifs is 1. The molecular weight excluding hydrogens is 403 g/mol. The Morgan fingerprint density at radius 1 is 1.10 bits per heavy atom. The number of aromatic nitrogens is 6. The van der Waals surface area contributed by atoms with Crippen molar-refractivity contribution in [1.82, 2.24) is 29.8 Å². The van der Waals surface area contributed by atoms with Gasteiger partial charge in [0.1, 0.15) is 17.3 Å². The van der Waals surface area contributed by atoms with Crippen LogP contribution in [0.1, 0.15) is 30.3 Å².